The Balaban J connectivity index is 0.919. The van der Waals surface area contributed by atoms with E-state index >= 15 is 0 Å². The maximum atomic E-state index is 14.1. The number of benzene rings is 2. The number of fused-ring (bicyclic) bond motifs is 5. The number of carbonyl (C=O) groups excluding carboxylic acids is 6. The van der Waals surface area contributed by atoms with E-state index in [1.165, 1.54) is 41.5 Å². The van der Waals surface area contributed by atoms with Crippen molar-refractivity contribution in [2.75, 3.05) is 71.3 Å². The van der Waals surface area contributed by atoms with Crippen molar-refractivity contribution in [3.05, 3.63) is 86.7 Å². The summed E-state index contributed by atoms with van der Waals surface area (Å²) in [6, 6.07) is 9.33. The maximum Gasteiger partial charge on any atom is 0.410 e. The van der Waals surface area contributed by atoms with Gasteiger partial charge in [-0.15, -0.1) is 0 Å². The number of carboxylic acid groups (broad SMARTS) is 2. The number of cyclic esters (lactones) is 1. The van der Waals surface area contributed by atoms with Crippen LogP contribution in [0.1, 0.15) is 88.6 Å². The van der Waals surface area contributed by atoms with E-state index in [9.17, 15) is 68.7 Å². The van der Waals surface area contributed by atoms with Crippen LogP contribution in [-0.4, -0.2) is 214 Å². The van der Waals surface area contributed by atoms with E-state index in [-0.39, 0.29) is 133 Å². The van der Waals surface area contributed by atoms with Crippen molar-refractivity contribution in [2.45, 2.75) is 147 Å². The van der Waals surface area contributed by atoms with Gasteiger partial charge < -0.3 is 105 Å². The van der Waals surface area contributed by atoms with Crippen LogP contribution in [0, 0.1) is 5.92 Å². The van der Waals surface area contributed by atoms with E-state index in [4.69, 9.17) is 53.7 Å². The van der Waals surface area contributed by atoms with E-state index in [0.717, 1.165) is 10.9 Å². The number of nitrogens with one attached hydrogen (secondary N) is 4. The number of aliphatic hydroxyl groups is 4. The molecular formula is C62H82N8O23. The number of ether oxygens (including phenoxy) is 8. The molecule has 508 valence electrons. The highest BCUT2D eigenvalue weighted by Gasteiger charge is 2.49. The summed E-state index contributed by atoms with van der Waals surface area (Å²) in [6.45, 7) is 10.9. The zero-order chi connectivity index (χ0) is 67.8. The Morgan fingerprint density at radius 1 is 0.806 bits per heavy atom. The van der Waals surface area contributed by atoms with Crippen molar-refractivity contribution in [3.8, 4) is 17.1 Å². The number of aromatic nitrogens is 2. The molecule has 2 aromatic heterocycles. The van der Waals surface area contributed by atoms with Crippen LogP contribution < -0.4 is 37.3 Å². The Bertz CT molecular complexity index is 3410. The van der Waals surface area contributed by atoms with Gasteiger partial charge in [0, 0.05) is 48.5 Å². The highest BCUT2D eigenvalue weighted by atomic mass is 16.7. The van der Waals surface area contributed by atoms with Gasteiger partial charge in [-0.1, -0.05) is 38.1 Å². The number of aliphatic hydroxyl groups excluding tert-OH is 3. The molecule has 1 unspecified atom stereocenters. The van der Waals surface area contributed by atoms with Crippen molar-refractivity contribution in [1.82, 2.24) is 30.4 Å². The second-order valence-corrected chi connectivity index (χ2v) is 23.2. The number of rotatable bonds is 34. The number of amides is 5. The number of carbonyl (C=O) groups is 8. The van der Waals surface area contributed by atoms with Crippen LogP contribution in [-0.2, 0) is 98.5 Å². The second kappa shape index (κ2) is 33.0. The Labute approximate surface area is 534 Å². The topological polar surface area (TPSA) is 444 Å². The number of nitrogens with zero attached hydrogens (tertiary/aromatic N) is 3. The minimum Gasteiger partial charge on any atom is -0.481 e. The highest BCUT2D eigenvalue weighted by molar-refractivity contribution is 5.99. The summed E-state index contributed by atoms with van der Waals surface area (Å²) in [4.78, 5) is 122. The monoisotopic (exact) mass is 1310 g/mol. The van der Waals surface area contributed by atoms with Gasteiger partial charge in [0.1, 0.15) is 49.4 Å². The van der Waals surface area contributed by atoms with Crippen molar-refractivity contribution in [3.63, 3.8) is 0 Å². The van der Waals surface area contributed by atoms with Crippen LogP contribution in [0.5, 0.6) is 5.75 Å². The molecule has 3 aliphatic heterocycles. The molecule has 0 spiro atoms. The van der Waals surface area contributed by atoms with E-state index < -0.39 is 126 Å². The molecule has 12 N–H and O–H groups in total. The van der Waals surface area contributed by atoms with Gasteiger partial charge in [-0.3, -0.25) is 28.8 Å². The zero-order valence-electron chi connectivity index (χ0n) is 52.5. The number of hydrogen-bond donors (Lipinski definition) is 11. The number of esters is 1. The Morgan fingerprint density at radius 3 is 2.13 bits per heavy atom. The molecule has 9 atom stereocenters. The van der Waals surface area contributed by atoms with Crippen LogP contribution in [0.25, 0.3) is 22.3 Å². The summed E-state index contributed by atoms with van der Waals surface area (Å²) < 4.78 is 45.7. The van der Waals surface area contributed by atoms with E-state index in [1.54, 1.807) is 33.8 Å². The van der Waals surface area contributed by atoms with Crippen molar-refractivity contribution in [1.29, 1.82) is 0 Å². The Morgan fingerprint density at radius 2 is 1.47 bits per heavy atom. The molecule has 31 nitrogen and oxygen atoms in total. The lowest BCUT2D eigenvalue weighted by molar-refractivity contribution is -0.271. The van der Waals surface area contributed by atoms with Crippen LogP contribution in [0.4, 0.5) is 10.5 Å². The first-order valence-corrected chi connectivity index (χ1v) is 30.4. The SMILES string of the molecule is CC(C)[C@H](NC(=O)CCOCCOCCOCCOCCNC(=O)[C@@H](N)CCC(=O)O)C(=O)N[C@@H](C)C(=O)Nc1ccc(COC(=O)N(CCc2c3c(nc4ccccc24)-c2cc4c(c(=O)n2C3)COC(=O)[C@@]4(C)O)C(C)C)cc1O[C@@H]1O[C@H](C(=O)O)[C@@H](O)C(O)[C@H]1O. The van der Waals surface area contributed by atoms with E-state index in [2.05, 4.69) is 21.3 Å². The van der Waals surface area contributed by atoms with Crippen molar-refractivity contribution >= 4 is 64.2 Å². The molecule has 1 saturated heterocycles. The summed E-state index contributed by atoms with van der Waals surface area (Å²) in [7, 11) is 0. The Kier molecular flexibility index (Phi) is 25.7. The number of pyridine rings is 2. The van der Waals surface area contributed by atoms with Gasteiger partial charge in [-0.05, 0) is 81.8 Å². The quantitative estimate of drug-likeness (QED) is 0.0189. The lowest BCUT2D eigenvalue weighted by Gasteiger charge is -2.38. The molecule has 7 rings (SSSR count). The molecule has 1 fully saturated rings. The van der Waals surface area contributed by atoms with Crippen LogP contribution in [0.3, 0.4) is 0 Å². The normalized spacial score (nSPS) is 19.9. The standard InChI is InChI=1S/C62H82N8O23/c1-32(2)48(68-46(71)16-19-86-21-23-88-25-26-89-24-22-87-20-17-64-55(78)41(63)12-14-47(72)73)56(79)65-34(5)54(77)67-43-13-11-35(27-45(43)92-59-52(76)50(74)51(75)53(93-59)58(81)82)30-91-61(84)69(33(3)4)18-15-36-37-9-7-8-10-42(37)66-49-38(36)29-70-44(49)28-40-39(57(70)80)31-90-60(83)62(40,6)85/h7-11,13,27-28,32-34,41,48,50-53,59,74-76,85H,12,14-26,29-31,63H2,1-6H3,(H,64,78)(H,65,79)(H,67,77)(H,68,71)(H,72,73)(H,81,82)/t34-,41-,48-,50?,51-,52+,53-,59+,62-/m0/s1. The average molecular weight is 1310 g/mol. The predicted octanol–water partition coefficient (Wildman–Crippen LogP) is -0.101. The molecule has 2 aromatic carbocycles. The van der Waals surface area contributed by atoms with Crippen LogP contribution in [0.15, 0.2) is 53.3 Å². The molecule has 5 heterocycles. The third-order valence-corrected chi connectivity index (χ3v) is 15.7. The number of anilines is 1. The number of carboxylic acids is 2. The van der Waals surface area contributed by atoms with Gasteiger partial charge in [0.15, 0.2) is 11.7 Å². The molecule has 5 amide bonds. The van der Waals surface area contributed by atoms with Gasteiger partial charge in [-0.2, -0.15) is 0 Å². The number of aliphatic carboxylic acids is 2. The smallest absolute Gasteiger partial charge is 0.410 e. The first kappa shape index (κ1) is 72.2. The zero-order valence-corrected chi connectivity index (χ0v) is 52.5. The second-order valence-electron chi connectivity index (χ2n) is 23.2. The fourth-order valence-corrected chi connectivity index (χ4v) is 10.4. The van der Waals surface area contributed by atoms with E-state index in [1.807, 2.05) is 24.3 Å². The van der Waals surface area contributed by atoms with E-state index in [0.29, 0.717) is 22.5 Å². The molecule has 93 heavy (non-hydrogen) atoms. The first-order valence-electron chi connectivity index (χ1n) is 30.4. The van der Waals surface area contributed by atoms with Crippen LogP contribution in [0.2, 0.25) is 0 Å². The maximum absolute atomic E-state index is 14.1. The summed E-state index contributed by atoms with van der Waals surface area (Å²) in [6.07, 6.45) is -10.9. The van der Waals surface area contributed by atoms with Gasteiger partial charge in [0.25, 0.3) is 5.56 Å². The number of hydrogen-bond acceptors (Lipinski definition) is 23. The summed E-state index contributed by atoms with van der Waals surface area (Å²) >= 11 is 0. The number of para-hydroxylation sites is 1. The van der Waals surface area contributed by atoms with Gasteiger partial charge >= 0.3 is 24.0 Å². The number of nitrogens with two attached hydrogens (primary N) is 1. The Hall–Kier alpha value is -8.24. The highest BCUT2D eigenvalue weighted by Crippen LogP contribution is 2.40. The van der Waals surface area contributed by atoms with Crippen LogP contribution >= 0.6 is 0 Å². The van der Waals surface area contributed by atoms with Crippen molar-refractivity contribution in [2.24, 2.45) is 11.7 Å². The fourth-order valence-electron chi connectivity index (χ4n) is 10.4. The average Bonchev–Trinajstić information content (AvgIpc) is 1.60. The molecular weight excluding hydrogens is 1220 g/mol. The third kappa shape index (κ3) is 18.5. The fraction of sp³-hybridized carbons (Fsp3) is 0.548. The molecule has 0 aliphatic carbocycles. The van der Waals surface area contributed by atoms with Gasteiger partial charge in [-0.25, -0.2) is 19.4 Å². The minimum atomic E-state index is -2.07. The lowest BCUT2D eigenvalue weighted by atomic mass is 9.89. The third-order valence-electron chi connectivity index (χ3n) is 15.7. The lowest BCUT2D eigenvalue weighted by Crippen LogP contribution is -2.61. The molecule has 0 saturated carbocycles. The minimum absolute atomic E-state index is 0.00178. The molecule has 0 bridgehead atoms. The molecule has 4 aromatic rings. The summed E-state index contributed by atoms with van der Waals surface area (Å²) in [5, 5.41) is 72.7. The van der Waals surface area contributed by atoms with Gasteiger partial charge in [0.05, 0.1) is 93.6 Å². The first-order chi connectivity index (χ1) is 44.2. The molecule has 31 heteroatoms. The van der Waals surface area contributed by atoms with Crippen molar-refractivity contribution < 1.29 is 107 Å². The largest absolute Gasteiger partial charge is 0.481 e. The molecule has 0 radical (unpaired) electrons. The summed E-state index contributed by atoms with van der Waals surface area (Å²) in [5.74, 6) is -6.84. The summed E-state index contributed by atoms with van der Waals surface area (Å²) in [5.41, 5.74) is 6.55. The van der Waals surface area contributed by atoms with Gasteiger partial charge in [0.2, 0.25) is 29.9 Å². The predicted molar refractivity (Wildman–Crippen MR) is 326 cm³/mol. The molecule has 3 aliphatic rings.